The number of aromatic nitrogens is 1. The minimum Gasteiger partial charge on any atom is -0.508 e. The van der Waals surface area contributed by atoms with E-state index >= 15 is 0 Å². The summed E-state index contributed by atoms with van der Waals surface area (Å²) < 4.78 is 18.2. The molecule has 9 heteroatoms. The second-order valence-corrected chi connectivity index (χ2v) is 8.51. The highest BCUT2D eigenvalue weighted by Gasteiger charge is 2.35. The molecule has 34 heavy (non-hydrogen) atoms. The van der Waals surface area contributed by atoms with Crippen molar-refractivity contribution in [2.24, 2.45) is 4.99 Å². The number of phenols is 1. The number of carbonyl (C=O) groups is 1. The molecule has 1 N–H and O–H groups in total. The molecule has 0 fully saturated rings. The van der Waals surface area contributed by atoms with Gasteiger partial charge in [0.1, 0.15) is 23.3 Å². The lowest BCUT2D eigenvalue weighted by molar-refractivity contribution is -0.139. The number of esters is 1. The van der Waals surface area contributed by atoms with Gasteiger partial charge in [0.15, 0.2) is 4.80 Å². The molecule has 2 heterocycles. The summed E-state index contributed by atoms with van der Waals surface area (Å²) in [7, 11) is 3.07. The number of benzene rings is 2. The average molecular weight is 481 g/mol. The van der Waals surface area contributed by atoms with Gasteiger partial charge < -0.3 is 19.3 Å². The second-order valence-electron chi connectivity index (χ2n) is 7.51. The number of methoxy groups -OCH3 is 2. The number of hydrogen-bond donors (Lipinski definition) is 1. The Morgan fingerprint density at radius 3 is 2.68 bits per heavy atom. The zero-order chi connectivity index (χ0) is 24.4. The first kappa shape index (κ1) is 23.3. The molecule has 1 atom stereocenters. The molecule has 0 amide bonds. The number of nitrogens with zero attached hydrogens (tertiary/aromatic N) is 2. The predicted octanol–water partition coefficient (Wildman–Crippen LogP) is 2.52. The van der Waals surface area contributed by atoms with E-state index in [4.69, 9.17) is 14.2 Å². The maximum atomic E-state index is 13.6. The van der Waals surface area contributed by atoms with Crippen LogP contribution >= 0.6 is 11.3 Å². The van der Waals surface area contributed by atoms with Gasteiger partial charge in [0, 0.05) is 5.56 Å². The zero-order valence-corrected chi connectivity index (χ0v) is 20.0. The van der Waals surface area contributed by atoms with Crippen molar-refractivity contribution in [3.8, 4) is 17.2 Å². The third kappa shape index (κ3) is 4.22. The largest absolute Gasteiger partial charge is 0.508 e. The van der Waals surface area contributed by atoms with Gasteiger partial charge >= 0.3 is 5.97 Å². The molecule has 0 unspecified atom stereocenters. The summed E-state index contributed by atoms with van der Waals surface area (Å²) >= 11 is 1.20. The van der Waals surface area contributed by atoms with Crippen molar-refractivity contribution < 1.29 is 24.1 Å². The summed E-state index contributed by atoms with van der Waals surface area (Å²) in [5.41, 5.74) is 1.63. The molecule has 2 aromatic carbocycles. The highest BCUT2D eigenvalue weighted by atomic mass is 32.1. The molecule has 3 aromatic rings. The van der Waals surface area contributed by atoms with Crippen LogP contribution in [0.25, 0.3) is 6.08 Å². The SMILES string of the molecule is CCOC(=O)C1=C(C)N=c2sc(=Cc3cccc(O)c3)c(=O)n2[C@@H]1c1cc(OC)ccc1OC. The number of fused-ring (bicyclic) bond motifs is 1. The predicted molar refractivity (Wildman–Crippen MR) is 128 cm³/mol. The quantitative estimate of drug-likeness (QED) is 0.545. The van der Waals surface area contributed by atoms with Gasteiger partial charge in [0.25, 0.3) is 5.56 Å². The maximum Gasteiger partial charge on any atom is 0.338 e. The first-order valence-electron chi connectivity index (χ1n) is 10.6. The molecule has 0 bridgehead atoms. The third-order valence-electron chi connectivity index (χ3n) is 5.42. The topological polar surface area (TPSA) is 99.4 Å². The number of hydrogen-bond acceptors (Lipinski definition) is 8. The van der Waals surface area contributed by atoms with Crippen LogP contribution in [-0.4, -0.2) is 36.5 Å². The molecule has 1 aliphatic heterocycles. The van der Waals surface area contributed by atoms with Crippen molar-refractivity contribution in [3.63, 3.8) is 0 Å². The van der Waals surface area contributed by atoms with Gasteiger partial charge in [-0.05, 0) is 55.8 Å². The number of ether oxygens (including phenoxy) is 3. The van der Waals surface area contributed by atoms with E-state index in [1.54, 1.807) is 69.5 Å². The van der Waals surface area contributed by atoms with Crippen LogP contribution in [0.3, 0.4) is 0 Å². The fourth-order valence-corrected chi connectivity index (χ4v) is 4.95. The van der Waals surface area contributed by atoms with E-state index in [2.05, 4.69) is 4.99 Å². The average Bonchev–Trinajstić information content (AvgIpc) is 3.12. The van der Waals surface area contributed by atoms with E-state index < -0.39 is 12.0 Å². The van der Waals surface area contributed by atoms with Crippen LogP contribution in [-0.2, 0) is 9.53 Å². The molecule has 1 aliphatic rings. The Hall–Kier alpha value is -3.85. The van der Waals surface area contributed by atoms with E-state index in [-0.39, 0.29) is 23.5 Å². The van der Waals surface area contributed by atoms with Crippen molar-refractivity contribution >= 4 is 23.4 Å². The third-order valence-corrected chi connectivity index (χ3v) is 6.40. The minimum absolute atomic E-state index is 0.0981. The Balaban J connectivity index is 2.02. The number of aromatic hydroxyl groups is 1. The minimum atomic E-state index is -0.827. The molecular formula is C25H24N2O6S. The monoisotopic (exact) mass is 480 g/mol. The molecule has 4 rings (SSSR count). The summed E-state index contributed by atoms with van der Waals surface area (Å²) in [4.78, 5) is 31.7. The van der Waals surface area contributed by atoms with Crippen molar-refractivity contribution in [3.05, 3.63) is 84.5 Å². The van der Waals surface area contributed by atoms with Crippen LogP contribution in [0.15, 0.2) is 63.5 Å². The van der Waals surface area contributed by atoms with E-state index in [0.29, 0.717) is 37.7 Å². The van der Waals surface area contributed by atoms with E-state index in [9.17, 15) is 14.7 Å². The lowest BCUT2D eigenvalue weighted by Crippen LogP contribution is -2.40. The molecule has 0 saturated carbocycles. The number of rotatable bonds is 6. The second kappa shape index (κ2) is 9.56. The summed E-state index contributed by atoms with van der Waals surface area (Å²) in [5, 5.41) is 9.80. The summed E-state index contributed by atoms with van der Waals surface area (Å²) in [6.07, 6.45) is 1.69. The highest BCUT2D eigenvalue weighted by molar-refractivity contribution is 7.07. The molecule has 176 valence electrons. The first-order valence-corrected chi connectivity index (χ1v) is 11.4. The van der Waals surface area contributed by atoms with Crippen LogP contribution in [0.5, 0.6) is 17.2 Å². The van der Waals surface area contributed by atoms with Crippen LogP contribution in [0.4, 0.5) is 0 Å². The smallest absolute Gasteiger partial charge is 0.338 e. The fourth-order valence-electron chi connectivity index (χ4n) is 3.90. The number of allylic oxidation sites excluding steroid dienone is 1. The Morgan fingerprint density at radius 2 is 2.00 bits per heavy atom. The van der Waals surface area contributed by atoms with Gasteiger partial charge in [-0.25, -0.2) is 9.79 Å². The molecule has 0 saturated heterocycles. The summed E-state index contributed by atoms with van der Waals surface area (Å²) in [6, 6.07) is 11.0. The van der Waals surface area contributed by atoms with Gasteiger partial charge in [0.05, 0.1) is 36.6 Å². The van der Waals surface area contributed by atoms with Crippen molar-refractivity contribution in [1.29, 1.82) is 0 Å². The molecule has 0 spiro atoms. The number of phenolic OH excluding ortho intramolecular Hbond substituents is 1. The summed E-state index contributed by atoms with van der Waals surface area (Å²) in [6.45, 7) is 3.62. The van der Waals surface area contributed by atoms with Crippen molar-refractivity contribution in [2.45, 2.75) is 19.9 Å². The molecular weight excluding hydrogens is 456 g/mol. The van der Waals surface area contributed by atoms with Crippen LogP contribution < -0.4 is 24.4 Å². The first-order chi connectivity index (χ1) is 16.4. The zero-order valence-electron chi connectivity index (χ0n) is 19.2. The lowest BCUT2D eigenvalue weighted by Gasteiger charge is -2.26. The fraction of sp³-hybridized carbons (Fsp3) is 0.240. The van der Waals surface area contributed by atoms with Gasteiger partial charge in [-0.3, -0.25) is 9.36 Å². The van der Waals surface area contributed by atoms with Gasteiger partial charge in [-0.2, -0.15) is 0 Å². The Morgan fingerprint density at radius 1 is 1.21 bits per heavy atom. The summed E-state index contributed by atoms with van der Waals surface area (Å²) in [5.74, 6) is 0.585. The Labute approximate surface area is 199 Å². The van der Waals surface area contributed by atoms with E-state index in [1.807, 2.05) is 0 Å². The van der Waals surface area contributed by atoms with Gasteiger partial charge in [0.2, 0.25) is 0 Å². The van der Waals surface area contributed by atoms with Crippen LogP contribution in [0, 0.1) is 0 Å². The molecule has 0 aliphatic carbocycles. The Kier molecular flexibility index (Phi) is 6.56. The lowest BCUT2D eigenvalue weighted by atomic mass is 9.94. The van der Waals surface area contributed by atoms with Crippen LogP contribution in [0.2, 0.25) is 0 Å². The highest BCUT2D eigenvalue weighted by Crippen LogP contribution is 2.37. The number of carbonyl (C=O) groups excluding carboxylic acids is 1. The van der Waals surface area contributed by atoms with Crippen molar-refractivity contribution in [1.82, 2.24) is 4.57 Å². The van der Waals surface area contributed by atoms with Crippen molar-refractivity contribution in [2.75, 3.05) is 20.8 Å². The van der Waals surface area contributed by atoms with E-state index in [1.165, 1.54) is 23.0 Å². The van der Waals surface area contributed by atoms with Gasteiger partial charge in [-0.1, -0.05) is 23.5 Å². The molecule has 0 radical (unpaired) electrons. The van der Waals surface area contributed by atoms with Gasteiger partial charge in [-0.15, -0.1) is 0 Å². The standard InChI is InChI=1S/C25H24N2O6S/c1-5-33-24(30)21-14(2)26-25-27(22(21)18-13-17(31-3)9-10-19(18)32-4)23(29)20(34-25)12-15-7-6-8-16(28)11-15/h6-13,22,28H,5H2,1-4H3/t22-/m1/s1. The Bertz CT molecular complexity index is 1470. The van der Waals surface area contributed by atoms with Crippen LogP contribution in [0.1, 0.15) is 31.0 Å². The normalized spacial score (nSPS) is 15.5. The number of thiazole rings is 1. The molecule has 8 nitrogen and oxygen atoms in total. The molecule has 1 aromatic heterocycles. The maximum absolute atomic E-state index is 13.6. The van der Waals surface area contributed by atoms with E-state index in [0.717, 1.165) is 0 Å².